The Labute approximate surface area is 135 Å². The molecule has 0 bridgehead atoms. The van der Waals surface area contributed by atoms with Crippen LogP contribution in [0, 0.1) is 0 Å². The zero-order valence-electron chi connectivity index (χ0n) is 10.9. The molecule has 1 atom stereocenters. The number of ether oxygens (including phenoxy) is 2. The molecule has 20 heavy (non-hydrogen) atoms. The van der Waals surface area contributed by atoms with Gasteiger partial charge in [-0.3, -0.25) is 4.79 Å². The fourth-order valence-corrected chi connectivity index (χ4v) is 1.28. The summed E-state index contributed by atoms with van der Waals surface area (Å²) in [6, 6.07) is 2.67. The molecule has 0 saturated heterocycles. The first-order chi connectivity index (χ1) is 8.63. The molecule has 0 radical (unpaired) electrons. The normalized spacial score (nSPS) is 10.8. The first-order valence-electron chi connectivity index (χ1n) is 5.40. The Bertz CT molecular complexity index is 379. The molecule has 0 aliphatic rings. The first kappa shape index (κ1) is 21.5. The summed E-state index contributed by atoms with van der Waals surface area (Å²) in [5.74, 6) is 0.180. The molecule has 1 heterocycles. The second kappa shape index (κ2) is 12.0. The number of aromatic nitrogens is 1. The molecule has 0 spiro atoms. The Hall–Kier alpha value is -0.790. The fraction of sp³-hybridized carbons (Fsp3) is 0.455. The number of rotatable bonds is 7. The van der Waals surface area contributed by atoms with Crippen LogP contribution in [0.5, 0.6) is 5.88 Å². The van der Waals surface area contributed by atoms with Gasteiger partial charge in [0.15, 0.2) is 0 Å². The van der Waals surface area contributed by atoms with Crippen molar-refractivity contribution in [2.75, 3.05) is 26.9 Å². The van der Waals surface area contributed by atoms with E-state index in [1.165, 1.54) is 13.3 Å². The van der Waals surface area contributed by atoms with Gasteiger partial charge < -0.3 is 20.5 Å². The molecule has 0 aliphatic carbocycles. The van der Waals surface area contributed by atoms with Crippen molar-refractivity contribution in [3.8, 4) is 5.88 Å². The van der Waals surface area contributed by atoms with E-state index in [0.717, 1.165) is 0 Å². The summed E-state index contributed by atoms with van der Waals surface area (Å²) in [7, 11) is 1.49. The van der Waals surface area contributed by atoms with E-state index in [9.17, 15) is 4.79 Å². The van der Waals surface area contributed by atoms with Crippen LogP contribution in [-0.4, -0.2) is 43.8 Å². The van der Waals surface area contributed by atoms with Crippen molar-refractivity contribution in [1.82, 2.24) is 10.3 Å². The molecule has 1 amide bonds. The summed E-state index contributed by atoms with van der Waals surface area (Å²) in [6.07, 6.45) is 1.49. The third-order valence-corrected chi connectivity index (χ3v) is 2.26. The highest BCUT2D eigenvalue weighted by atomic mass is 35.5. The van der Waals surface area contributed by atoms with E-state index in [1.54, 1.807) is 12.1 Å². The number of methoxy groups -OCH3 is 1. The van der Waals surface area contributed by atoms with Crippen molar-refractivity contribution < 1.29 is 14.3 Å². The average molecular weight is 347 g/mol. The lowest BCUT2D eigenvalue weighted by atomic mass is 10.3. The summed E-state index contributed by atoms with van der Waals surface area (Å²) < 4.78 is 10.1. The Morgan fingerprint density at radius 1 is 1.50 bits per heavy atom. The van der Waals surface area contributed by atoms with Crippen molar-refractivity contribution in [2.24, 2.45) is 5.73 Å². The Morgan fingerprint density at radius 3 is 2.75 bits per heavy atom. The van der Waals surface area contributed by atoms with Gasteiger partial charge in [0.05, 0.1) is 18.2 Å². The number of hydrogen-bond donors (Lipinski definition) is 2. The van der Waals surface area contributed by atoms with Crippen LogP contribution in [0.3, 0.4) is 0 Å². The van der Waals surface area contributed by atoms with Crippen LogP contribution in [0.2, 0.25) is 5.02 Å². The van der Waals surface area contributed by atoms with Crippen LogP contribution >= 0.6 is 36.4 Å². The predicted molar refractivity (Wildman–Crippen MR) is 82.1 cm³/mol. The highest BCUT2D eigenvalue weighted by molar-refractivity contribution is 6.30. The lowest BCUT2D eigenvalue weighted by Crippen LogP contribution is -2.44. The summed E-state index contributed by atoms with van der Waals surface area (Å²) in [5, 5.41) is 3.17. The number of amides is 1. The van der Waals surface area contributed by atoms with Gasteiger partial charge in [-0.05, 0) is 6.07 Å². The maximum absolute atomic E-state index is 11.4. The second-order valence-electron chi connectivity index (χ2n) is 3.52. The molecule has 1 aromatic rings. The Balaban J connectivity index is 0. The van der Waals surface area contributed by atoms with Crippen LogP contribution in [0.15, 0.2) is 18.3 Å². The van der Waals surface area contributed by atoms with E-state index in [0.29, 0.717) is 24.1 Å². The summed E-state index contributed by atoms with van der Waals surface area (Å²) >= 11 is 5.68. The zero-order valence-corrected chi connectivity index (χ0v) is 13.3. The van der Waals surface area contributed by atoms with E-state index >= 15 is 0 Å². The molecule has 6 nitrogen and oxygen atoms in total. The zero-order chi connectivity index (χ0) is 13.4. The SMILES string of the molecule is COCC(N)C(=O)NCCOc1ccc(Cl)cn1.Cl.Cl. The van der Waals surface area contributed by atoms with Gasteiger partial charge in [-0.25, -0.2) is 4.98 Å². The number of carbonyl (C=O) groups excluding carboxylic acids is 1. The van der Waals surface area contributed by atoms with E-state index < -0.39 is 6.04 Å². The van der Waals surface area contributed by atoms with Crippen molar-refractivity contribution in [2.45, 2.75) is 6.04 Å². The molecule has 116 valence electrons. The van der Waals surface area contributed by atoms with Crippen molar-refractivity contribution >= 4 is 42.3 Å². The topological polar surface area (TPSA) is 86.5 Å². The van der Waals surface area contributed by atoms with Crippen LogP contribution in [0.1, 0.15) is 0 Å². The first-order valence-corrected chi connectivity index (χ1v) is 5.78. The van der Waals surface area contributed by atoms with Crippen LogP contribution in [-0.2, 0) is 9.53 Å². The van der Waals surface area contributed by atoms with E-state index in [4.69, 9.17) is 26.8 Å². The van der Waals surface area contributed by atoms with E-state index in [1.807, 2.05) is 0 Å². The molecule has 1 unspecified atom stereocenters. The van der Waals surface area contributed by atoms with Gasteiger partial charge in [0.1, 0.15) is 12.6 Å². The minimum Gasteiger partial charge on any atom is -0.476 e. The average Bonchev–Trinajstić information content (AvgIpc) is 2.36. The molecule has 1 aromatic heterocycles. The van der Waals surface area contributed by atoms with Crippen molar-refractivity contribution in [3.05, 3.63) is 23.4 Å². The maximum atomic E-state index is 11.4. The minimum atomic E-state index is -0.663. The lowest BCUT2D eigenvalue weighted by Gasteiger charge is -2.11. The number of nitrogens with one attached hydrogen (secondary N) is 1. The number of nitrogens with zero attached hydrogens (tertiary/aromatic N) is 1. The number of pyridine rings is 1. The van der Waals surface area contributed by atoms with Gasteiger partial charge >= 0.3 is 0 Å². The predicted octanol–water partition coefficient (Wildman–Crippen LogP) is 1.05. The largest absolute Gasteiger partial charge is 0.476 e. The molecule has 0 saturated carbocycles. The Morgan fingerprint density at radius 2 is 2.20 bits per heavy atom. The second-order valence-corrected chi connectivity index (χ2v) is 3.95. The van der Waals surface area contributed by atoms with Gasteiger partial charge in [0.25, 0.3) is 0 Å². The van der Waals surface area contributed by atoms with E-state index in [2.05, 4.69) is 10.3 Å². The number of nitrogens with two attached hydrogens (primary N) is 1. The standard InChI is InChI=1S/C11H16ClN3O3.2ClH/c1-17-7-9(13)11(16)14-4-5-18-10-3-2-8(12)6-15-10;;/h2-3,6,9H,4-5,7,13H2,1H3,(H,14,16);2*1H. The van der Waals surface area contributed by atoms with Crippen molar-refractivity contribution in [1.29, 1.82) is 0 Å². The molecular weight excluding hydrogens is 328 g/mol. The van der Waals surface area contributed by atoms with Gasteiger partial charge in [-0.2, -0.15) is 0 Å². The van der Waals surface area contributed by atoms with E-state index in [-0.39, 0.29) is 37.3 Å². The third-order valence-electron chi connectivity index (χ3n) is 2.03. The third kappa shape index (κ3) is 8.39. The van der Waals surface area contributed by atoms with Gasteiger partial charge in [-0.1, -0.05) is 11.6 Å². The number of carbonyl (C=O) groups is 1. The van der Waals surface area contributed by atoms with Gasteiger partial charge in [0, 0.05) is 19.4 Å². The molecule has 1 rings (SSSR count). The molecule has 3 N–H and O–H groups in total. The number of halogens is 3. The van der Waals surface area contributed by atoms with Crippen LogP contribution in [0.25, 0.3) is 0 Å². The van der Waals surface area contributed by atoms with Crippen molar-refractivity contribution in [3.63, 3.8) is 0 Å². The lowest BCUT2D eigenvalue weighted by molar-refractivity contribution is -0.123. The molecule has 0 aromatic carbocycles. The van der Waals surface area contributed by atoms with Crippen LogP contribution < -0.4 is 15.8 Å². The summed E-state index contributed by atoms with van der Waals surface area (Å²) in [5.41, 5.74) is 5.53. The molecule has 9 heteroatoms. The molecular formula is C11H18Cl3N3O3. The summed E-state index contributed by atoms with van der Waals surface area (Å²) in [4.78, 5) is 15.3. The fourth-order valence-electron chi connectivity index (χ4n) is 1.16. The molecule has 0 aliphatic heterocycles. The minimum absolute atomic E-state index is 0. The van der Waals surface area contributed by atoms with Gasteiger partial charge in [0.2, 0.25) is 11.8 Å². The molecule has 0 fully saturated rings. The smallest absolute Gasteiger partial charge is 0.239 e. The Kier molecular flexibility index (Phi) is 12.9. The quantitative estimate of drug-likeness (QED) is 0.721. The van der Waals surface area contributed by atoms with Crippen LogP contribution in [0.4, 0.5) is 0 Å². The highest BCUT2D eigenvalue weighted by Gasteiger charge is 2.11. The highest BCUT2D eigenvalue weighted by Crippen LogP contribution is 2.10. The number of hydrogen-bond acceptors (Lipinski definition) is 5. The summed E-state index contributed by atoms with van der Waals surface area (Å²) in [6.45, 7) is 0.839. The van der Waals surface area contributed by atoms with Gasteiger partial charge in [-0.15, -0.1) is 24.8 Å². The maximum Gasteiger partial charge on any atom is 0.239 e. The monoisotopic (exact) mass is 345 g/mol.